The number of nitrogens with one attached hydrogen (secondary N) is 1. The van der Waals surface area contributed by atoms with E-state index in [0.29, 0.717) is 22.7 Å². The molecule has 8 nitrogen and oxygen atoms in total. The molecule has 2 N–H and O–H groups in total. The molecule has 1 saturated heterocycles. The Bertz CT molecular complexity index is 1440. The highest BCUT2D eigenvalue weighted by atomic mass is 35.5. The first kappa shape index (κ1) is 26.1. The van der Waals surface area contributed by atoms with E-state index in [2.05, 4.69) is 5.32 Å². The van der Waals surface area contributed by atoms with E-state index in [4.69, 9.17) is 32.7 Å². The molecule has 3 aromatic rings. The smallest absolute Gasteiger partial charge is 0.300 e. The van der Waals surface area contributed by atoms with Crippen molar-refractivity contribution in [2.45, 2.75) is 13.0 Å². The number of ketones is 1. The van der Waals surface area contributed by atoms with Crippen molar-refractivity contribution in [2.24, 2.45) is 0 Å². The number of Topliss-reactive ketones (excluding diaryl/α,β-unsaturated/α-hetero) is 1. The highest BCUT2D eigenvalue weighted by molar-refractivity contribution is 6.52. The number of rotatable bonds is 6. The lowest BCUT2D eigenvalue weighted by atomic mass is 9.94. The standard InChI is InChI=1S/C27H22Cl2N2O6/c1-14(32)30-16-8-10-17(11-9-16)31-23(18-6-4-5-7-21(18)36-2)22(25(34)27(31)35)24(33)19-12-15(28)13-20(29)26(19)37-3/h4-13,23,33H,1-3H3,(H,30,32)/b24-22+. The number of para-hydroxylation sites is 1. The maximum Gasteiger partial charge on any atom is 0.300 e. The van der Waals surface area contributed by atoms with Gasteiger partial charge >= 0.3 is 0 Å². The van der Waals surface area contributed by atoms with Gasteiger partial charge in [-0.3, -0.25) is 19.3 Å². The summed E-state index contributed by atoms with van der Waals surface area (Å²) in [5, 5.41) is 14.4. The summed E-state index contributed by atoms with van der Waals surface area (Å²) in [4.78, 5) is 39.6. The Balaban J connectivity index is 1.98. The van der Waals surface area contributed by atoms with Crippen molar-refractivity contribution >= 4 is 57.9 Å². The molecule has 0 radical (unpaired) electrons. The van der Waals surface area contributed by atoms with E-state index in [1.165, 1.54) is 38.2 Å². The van der Waals surface area contributed by atoms with Crippen LogP contribution in [0.5, 0.6) is 11.5 Å². The number of benzene rings is 3. The lowest BCUT2D eigenvalue weighted by molar-refractivity contribution is -0.132. The van der Waals surface area contributed by atoms with Gasteiger partial charge in [0.2, 0.25) is 5.91 Å². The fourth-order valence-electron chi connectivity index (χ4n) is 4.28. The Morgan fingerprint density at radius 1 is 1.00 bits per heavy atom. The minimum atomic E-state index is -1.06. The first-order chi connectivity index (χ1) is 17.7. The topological polar surface area (TPSA) is 105 Å². The monoisotopic (exact) mass is 540 g/mol. The van der Waals surface area contributed by atoms with E-state index in [0.717, 1.165) is 0 Å². The van der Waals surface area contributed by atoms with Gasteiger partial charge < -0.3 is 19.9 Å². The molecule has 3 aromatic carbocycles. The Morgan fingerprint density at radius 3 is 2.30 bits per heavy atom. The third kappa shape index (κ3) is 4.85. The Labute approximate surface area is 223 Å². The van der Waals surface area contributed by atoms with Gasteiger partial charge in [-0.05, 0) is 42.5 Å². The zero-order valence-corrected chi connectivity index (χ0v) is 21.6. The van der Waals surface area contributed by atoms with Crippen molar-refractivity contribution in [1.82, 2.24) is 0 Å². The summed E-state index contributed by atoms with van der Waals surface area (Å²) < 4.78 is 10.9. The second-order valence-electron chi connectivity index (χ2n) is 8.11. The number of aliphatic hydroxyl groups is 1. The van der Waals surface area contributed by atoms with Gasteiger partial charge in [-0.25, -0.2) is 0 Å². The number of methoxy groups -OCH3 is 2. The van der Waals surface area contributed by atoms with Crippen molar-refractivity contribution in [3.05, 3.63) is 87.4 Å². The molecule has 0 bridgehead atoms. The van der Waals surface area contributed by atoms with Gasteiger partial charge in [0.05, 0.1) is 36.4 Å². The lowest BCUT2D eigenvalue weighted by Crippen LogP contribution is -2.29. The number of carbonyl (C=O) groups excluding carboxylic acids is 3. The van der Waals surface area contributed by atoms with Gasteiger partial charge in [-0.1, -0.05) is 41.4 Å². The highest BCUT2D eigenvalue weighted by Gasteiger charge is 2.48. The summed E-state index contributed by atoms with van der Waals surface area (Å²) in [6.45, 7) is 1.38. The number of nitrogens with zero attached hydrogens (tertiary/aromatic N) is 1. The number of anilines is 2. The maximum absolute atomic E-state index is 13.5. The molecule has 1 unspecified atom stereocenters. The van der Waals surface area contributed by atoms with Crippen LogP contribution in [0.4, 0.5) is 11.4 Å². The zero-order valence-electron chi connectivity index (χ0n) is 20.0. The van der Waals surface area contributed by atoms with Crippen LogP contribution in [-0.2, 0) is 14.4 Å². The average Bonchev–Trinajstić information content (AvgIpc) is 3.13. The van der Waals surface area contributed by atoms with Gasteiger partial charge in [0.25, 0.3) is 11.7 Å². The summed E-state index contributed by atoms with van der Waals surface area (Å²) in [5.74, 6) is -2.05. The molecule has 0 saturated carbocycles. The van der Waals surface area contributed by atoms with Gasteiger partial charge in [0, 0.05) is 28.9 Å². The van der Waals surface area contributed by atoms with Crippen LogP contribution in [0.3, 0.4) is 0 Å². The van der Waals surface area contributed by atoms with Crippen LogP contribution in [-0.4, -0.2) is 36.9 Å². The molecular formula is C27H22Cl2N2O6. The molecule has 1 aliphatic rings. The molecule has 1 aliphatic heterocycles. The van der Waals surface area contributed by atoms with Crippen LogP contribution < -0.4 is 19.7 Å². The summed E-state index contributed by atoms with van der Waals surface area (Å²) in [6.07, 6.45) is 0. The molecule has 1 fully saturated rings. The Morgan fingerprint density at radius 2 is 1.68 bits per heavy atom. The second-order valence-corrected chi connectivity index (χ2v) is 8.95. The number of hydrogen-bond acceptors (Lipinski definition) is 6. The predicted octanol–water partition coefficient (Wildman–Crippen LogP) is 5.60. The third-order valence-corrected chi connectivity index (χ3v) is 6.31. The molecule has 4 rings (SSSR count). The van der Waals surface area contributed by atoms with Crippen LogP contribution in [0, 0.1) is 0 Å². The quantitative estimate of drug-likeness (QED) is 0.239. The molecular weight excluding hydrogens is 519 g/mol. The number of ether oxygens (including phenoxy) is 2. The van der Waals surface area contributed by atoms with E-state index in [9.17, 15) is 19.5 Å². The van der Waals surface area contributed by atoms with Crippen LogP contribution in [0.2, 0.25) is 10.0 Å². The van der Waals surface area contributed by atoms with Crippen LogP contribution in [0.15, 0.2) is 66.2 Å². The lowest BCUT2D eigenvalue weighted by Gasteiger charge is -2.27. The summed E-state index contributed by atoms with van der Waals surface area (Å²) >= 11 is 12.5. The minimum absolute atomic E-state index is 0.0545. The number of carbonyl (C=O) groups is 3. The molecule has 190 valence electrons. The largest absolute Gasteiger partial charge is 0.507 e. The van der Waals surface area contributed by atoms with E-state index < -0.39 is 23.5 Å². The van der Waals surface area contributed by atoms with Gasteiger partial charge in [0.1, 0.15) is 17.3 Å². The van der Waals surface area contributed by atoms with Crippen LogP contribution in [0.1, 0.15) is 24.1 Å². The molecule has 0 aromatic heterocycles. The van der Waals surface area contributed by atoms with Crippen LogP contribution >= 0.6 is 23.2 Å². The molecule has 2 amide bonds. The normalized spacial score (nSPS) is 16.6. The first-order valence-corrected chi connectivity index (χ1v) is 11.8. The van der Waals surface area contributed by atoms with E-state index in [-0.39, 0.29) is 32.8 Å². The molecule has 37 heavy (non-hydrogen) atoms. The van der Waals surface area contributed by atoms with E-state index in [1.54, 1.807) is 48.5 Å². The van der Waals surface area contributed by atoms with Crippen molar-refractivity contribution in [2.75, 3.05) is 24.4 Å². The van der Waals surface area contributed by atoms with Gasteiger partial charge in [-0.15, -0.1) is 0 Å². The first-order valence-electron chi connectivity index (χ1n) is 11.0. The molecule has 0 aliphatic carbocycles. The summed E-state index contributed by atoms with van der Waals surface area (Å²) in [6, 6.07) is 15.0. The highest BCUT2D eigenvalue weighted by Crippen LogP contribution is 2.46. The Hall–Kier alpha value is -4.01. The Kier molecular flexibility index (Phi) is 7.42. The van der Waals surface area contributed by atoms with Gasteiger partial charge in [0.15, 0.2) is 0 Å². The maximum atomic E-state index is 13.5. The molecule has 0 spiro atoms. The number of amides is 2. The van der Waals surface area contributed by atoms with Crippen molar-refractivity contribution < 1.29 is 29.0 Å². The fraction of sp³-hybridized carbons (Fsp3) is 0.148. The molecule has 10 heteroatoms. The van der Waals surface area contributed by atoms with Crippen molar-refractivity contribution in [3.63, 3.8) is 0 Å². The second kappa shape index (κ2) is 10.5. The third-order valence-electron chi connectivity index (χ3n) is 5.81. The van der Waals surface area contributed by atoms with Crippen LogP contribution in [0.25, 0.3) is 5.76 Å². The van der Waals surface area contributed by atoms with Gasteiger partial charge in [-0.2, -0.15) is 0 Å². The number of halogens is 2. The van der Waals surface area contributed by atoms with Crippen molar-refractivity contribution in [3.8, 4) is 11.5 Å². The summed E-state index contributed by atoms with van der Waals surface area (Å²) in [5.41, 5.74) is 1.20. The minimum Gasteiger partial charge on any atom is -0.507 e. The van der Waals surface area contributed by atoms with E-state index >= 15 is 0 Å². The number of aliphatic hydroxyl groups excluding tert-OH is 1. The number of hydrogen-bond donors (Lipinski definition) is 2. The molecule has 1 heterocycles. The SMILES string of the molecule is COc1ccccc1C1/C(=C(\O)c2cc(Cl)cc(Cl)c2OC)C(=O)C(=O)N1c1ccc(NC(C)=O)cc1. The van der Waals surface area contributed by atoms with E-state index in [1.807, 2.05) is 0 Å². The summed E-state index contributed by atoms with van der Waals surface area (Å²) in [7, 11) is 2.83. The predicted molar refractivity (Wildman–Crippen MR) is 142 cm³/mol. The zero-order chi connectivity index (χ0) is 26.9. The fourth-order valence-corrected chi connectivity index (χ4v) is 4.85. The molecule has 1 atom stereocenters. The van der Waals surface area contributed by atoms with Crippen molar-refractivity contribution in [1.29, 1.82) is 0 Å². The average molecular weight is 541 g/mol.